The molecule has 2 atom stereocenters. The molecule has 0 amide bonds. The van der Waals surface area contributed by atoms with Gasteiger partial charge in [-0.2, -0.15) is 0 Å². The Kier molecular flexibility index (Phi) is 4.66. The topological polar surface area (TPSA) is 52.9 Å². The molecule has 0 aromatic heterocycles. The van der Waals surface area contributed by atoms with Gasteiger partial charge < -0.3 is 19.8 Å². The highest BCUT2D eigenvalue weighted by Crippen LogP contribution is 2.29. The van der Waals surface area contributed by atoms with E-state index in [4.69, 9.17) is 4.74 Å². The highest BCUT2D eigenvalue weighted by molar-refractivity contribution is 5.41. The van der Waals surface area contributed by atoms with E-state index in [1.54, 1.807) is 13.2 Å². The number of rotatable bonds is 4. The molecule has 1 aliphatic heterocycles. The first-order valence-electron chi connectivity index (χ1n) is 6.90. The summed E-state index contributed by atoms with van der Waals surface area (Å²) in [6.07, 6.45) is 1.42. The summed E-state index contributed by atoms with van der Waals surface area (Å²) in [6, 6.07) is 5.41. The SMILES string of the molecule is CCN1CCC(O)C(Cc2ccc(O)c(OC)c2)C1. The highest BCUT2D eigenvalue weighted by atomic mass is 16.5. The normalized spacial score (nSPS) is 24.4. The van der Waals surface area contributed by atoms with Gasteiger partial charge in [0.1, 0.15) is 0 Å². The van der Waals surface area contributed by atoms with Crippen LogP contribution < -0.4 is 4.74 Å². The minimum atomic E-state index is -0.234. The molecule has 1 aromatic rings. The smallest absolute Gasteiger partial charge is 0.160 e. The van der Waals surface area contributed by atoms with Crippen molar-refractivity contribution in [2.75, 3.05) is 26.7 Å². The predicted molar refractivity (Wildman–Crippen MR) is 74.6 cm³/mol. The van der Waals surface area contributed by atoms with Gasteiger partial charge in [-0.15, -0.1) is 0 Å². The van der Waals surface area contributed by atoms with Crippen molar-refractivity contribution in [3.63, 3.8) is 0 Å². The van der Waals surface area contributed by atoms with E-state index in [1.165, 1.54) is 0 Å². The Bertz CT molecular complexity index is 422. The molecule has 0 bridgehead atoms. The van der Waals surface area contributed by atoms with Gasteiger partial charge >= 0.3 is 0 Å². The number of aliphatic hydroxyl groups is 1. The average Bonchev–Trinajstić information content (AvgIpc) is 2.43. The van der Waals surface area contributed by atoms with Crippen LogP contribution in [0.3, 0.4) is 0 Å². The summed E-state index contributed by atoms with van der Waals surface area (Å²) in [5.74, 6) is 0.906. The third kappa shape index (κ3) is 3.39. The summed E-state index contributed by atoms with van der Waals surface area (Å²) in [5.41, 5.74) is 1.09. The number of phenols is 1. The molecule has 2 N–H and O–H groups in total. The first kappa shape index (κ1) is 14.2. The molecular formula is C15H23NO3. The van der Waals surface area contributed by atoms with Gasteiger partial charge in [-0.05, 0) is 37.1 Å². The van der Waals surface area contributed by atoms with E-state index in [0.29, 0.717) is 5.75 Å². The van der Waals surface area contributed by atoms with Gasteiger partial charge in [-0.25, -0.2) is 0 Å². The van der Waals surface area contributed by atoms with Crippen LogP contribution in [0.5, 0.6) is 11.5 Å². The molecule has 106 valence electrons. The number of nitrogens with zero attached hydrogens (tertiary/aromatic N) is 1. The maximum absolute atomic E-state index is 10.1. The van der Waals surface area contributed by atoms with E-state index in [1.807, 2.05) is 12.1 Å². The van der Waals surface area contributed by atoms with Crippen LogP contribution in [0.1, 0.15) is 18.9 Å². The van der Waals surface area contributed by atoms with Crippen molar-refractivity contribution in [1.82, 2.24) is 4.90 Å². The summed E-state index contributed by atoms with van der Waals surface area (Å²) < 4.78 is 5.12. The zero-order valence-corrected chi connectivity index (χ0v) is 11.7. The molecule has 1 saturated heterocycles. The number of benzene rings is 1. The molecule has 1 fully saturated rings. The fraction of sp³-hybridized carbons (Fsp3) is 0.600. The predicted octanol–water partition coefficient (Wildman–Crippen LogP) is 1.65. The van der Waals surface area contributed by atoms with Crippen molar-refractivity contribution in [2.45, 2.75) is 25.9 Å². The molecule has 1 aromatic carbocycles. The lowest BCUT2D eigenvalue weighted by atomic mass is 9.88. The minimum absolute atomic E-state index is 0.158. The van der Waals surface area contributed by atoms with E-state index < -0.39 is 0 Å². The Morgan fingerprint density at radius 1 is 1.42 bits per heavy atom. The number of likely N-dealkylation sites (tertiary alicyclic amines) is 1. The summed E-state index contributed by atoms with van der Waals surface area (Å²) >= 11 is 0. The van der Waals surface area contributed by atoms with Crippen LogP contribution in [0.2, 0.25) is 0 Å². The highest BCUT2D eigenvalue weighted by Gasteiger charge is 2.27. The van der Waals surface area contributed by atoms with Crippen LogP contribution in [-0.4, -0.2) is 48.0 Å². The molecular weight excluding hydrogens is 242 g/mol. The lowest BCUT2D eigenvalue weighted by Crippen LogP contribution is -2.43. The number of phenolic OH excluding ortho intramolecular Hbond substituents is 1. The van der Waals surface area contributed by atoms with Gasteiger partial charge in [0.05, 0.1) is 13.2 Å². The number of hydrogen-bond acceptors (Lipinski definition) is 4. The zero-order valence-electron chi connectivity index (χ0n) is 11.7. The molecule has 4 nitrogen and oxygen atoms in total. The fourth-order valence-electron chi connectivity index (χ4n) is 2.73. The second-order valence-corrected chi connectivity index (χ2v) is 5.22. The van der Waals surface area contributed by atoms with E-state index in [9.17, 15) is 10.2 Å². The Balaban J connectivity index is 2.06. The molecule has 0 aliphatic carbocycles. The maximum Gasteiger partial charge on any atom is 0.160 e. The second-order valence-electron chi connectivity index (χ2n) is 5.22. The molecule has 4 heteroatoms. The summed E-state index contributed by atoms with van der Waals surface area (Å²) in [7, 11) is 1.55. The van der Waals surface area contributed by atoms with E-state index >= 15 is 0 Å². The van der Waals surface area contributed by atoms with Gasteiger partial charge in [0.25, 0.3) is 0 Å². The molecule has 0 radical (unpaired) electrons. The van der Waals surface area contributed by atoms with Crippen molar-refractivity contribution >= 4 is 0 Å². The van der Waals surface area contributed by atoms with Gasteiger partial charge in [0.15, 0.2) is 11.5 Å². The largest absolute Gasteiger partial charge is 0.504 e. The molecule has 19 heavy (non-hydrogen) atoms. The number of ether oxygens (including phenoxy) is 1. The molecule has 1 aliphatic rings. The number of methoxy groups -OCH3 is 1. The van der Waals surface area contributed by atoms with Crippen LogP contribution in [0.25, 0.3) is 0 Å². The van der Waals surface area contributed by atoms with Crippen molar-refractivity contribution < 1.29 is 14.9 Å². The van der Waals surface area contributed by atoms with Crippen LogP contribution in [-0.2, 0) is 6.42 Å². The third-order valence-electron chi connectivity index (χ3n) is 3.97. The molecule has 0 saturated carbocycles. The van der Waals surface area contributed by atoms with Gasteiger partial charge in [-0.1, -0.05) is 13.0 Å². The molecule has 2 rings (SSSR count). The summed E-state index contributed by atoms with van der Waals surface area (Å²) in [5, 5.41) is 19.7. The van der Waals surface area contributed by atoms with Gasteiger partial charge in [0, 0.05) is 19.0 Å². The van der Waals surface area contributed by atoms with E-state index in [0.717, 1.165) is 38.0 Å². The van der Waals surface area contributed by atoms with Crippen molar-refractivity contribution in [3.05, 3.63) is 23.8 Å². The first-order chi connectivity index (χ1) is 9.13. The third-order valence-corrected chi connectivity index (χ3v) is 3.97. The quantitative estimate of drug-likeness (QED) is 0.869. The van der Waals surface area contributed by atoms with Crippen molar-refractivity contribution in [2.24, 2.45) is 5.92 Å². The van der Waals surface area contributed by atoms with Crippen LogP contribution >= 0.6 is 0 Å². The van der Waals surface area contributed by atoms with Crippen LogP contribution in [0.15, 0.2) is 18.2 Å². The molecule has 0 spiro atoms. The first-order valence-corrected chi connectivity index (χ1v) is 6.90. The fourth-order valence-corrected chi connectivity index (χ4v) is 2.73. The second kappa shape index (κ2) is 6.26. The number of aliphatic hydroxyl groups excluding tert-OH is 1. The zero-order chi connectivity index (χ0) is 13.8. The summed E-state index contributed by atoms with van der Waals surface area (Å²) in [4.78, 5) is 2.37. The van der Waals surface area contributed by atoms with Gasteiger partial charge in [0.2, 0.25) is 0 Å². The summed E-state index contributed by atoms with van der Waals surface area (Å²) in [6.45, 7) is 5.09. The van der Waals surface area contributed by atoms with Gasteiger partial charge in [-0.3, -0.25) is 0 Å². The number of hydrogen-bond donors (Lipinski definition) is 2. The van der Waals surface area contributed by atoms with E-state index in [2.05, 4.69) is 11.8 Å². The Morgan fingerprint density at radius 3 is 2.89 bits per heavy atom. The van der Waals surface area contributed by atoms with Crippen molar-refractivity contribution in [3.8, 4) is 11.5 Å². The lowest BCUT2D eigenvalue weighted by Gasteiger charge is -2.35. The van der Waals surface area contributed by atoms with Crippen molar-refractivity contribution in [1.29, 1.82) is 0 Å². The van der Waals surface area contributed by atoms with Crippen LogP contribution in [0.4, 0.5) is 0 Å². The molecule has 1 heterocycles. The van der Waals surface area contributed by atoms with Crippen LogP contribution in [0, 0.1) is 5.92 Å². The maximum atomic E-state index is 10.1. The van der Waals surface area contributed by atoms with E-state index in [-0.39, 0.29) is 17.8 Å². The number of aromatic hydroxyl groups is 1. The monoisotopic (exact) mass is 265 g/mol. The lowest BCUT2D eigenvalue weighted by molar-refractivity contribution is 0.0290. The minimum Gasteiger partial charge on any atom is -0.504 e. The Hall–Kier alpha value is -1.26. The molecule has 2 unspecified atom stereocenters. The Morgan fingerprint density at radius 2 is 2.21 bits per heavy atom. The standard InChI is InChI=1S/C15H23NO3/c1-3-16-7-6-13(17)12(10-16)8-11-4-5-14(18)15(9-11)19-2/h4-5,9,12-13,17-18H,3,6-8,10H2,1-2H3. The average molecular weight is 265 g/mol. The number of piperidine rings is 1. The Labute approximate surface area is 114 Å².